The molecule has 0 aliphatic rings. The average molecular weight is 324 g/mol. The van der Waals surface area contributed by atoms with Crippen molar-refractivity contribution in [3.63, 3.8) is 0 Å². The standard InChI is InChI=1S/C19H17FN2O2/c1-12-5-10-17(16-4-3-11-21-18(12)16)22-19(23)13(2)24-15-8-6-14(20)7-9-15/h3-11,13H,1-2H3,(H,22,23)/t13-/m0/s1. The zero-order valence-corrected chi connectivity index (χ0v) is 13.4. The number of hydrogen-bond acceptors (Lipinski definition) is 3. The van der Waals surface area contributed by atoms with Crippen LogP contribution in [0.2, 0.25) is 0 Å². The minimum absolute atomic E-state index is 0.284. The Morgan fingerprint density at radius 3 is 2.67 bits per heavy atom. The van der Waals surface area contributed by atoms with E-state index in [9.17, 15) is 9.18 Å². The summed E-state index contributed by atoms with van der Waals surface area (Å²) in [7, 11) is 0. The van der Waals surface area contributed by atoms with Gasteiger partial charge in [-0.1, -0.05) is 6.07 Å². The maximum atomic E-state index is 12.9. The number of fused-ring (bicyclic) bond motifs is 1. The minimum Gasteiger partial charge on any atom is -0.481 e. The Hall–Kier alpha value is -2.95. The maximum Gasteiger partial charge on any atom is 0.265 e. The monoisotopic (exact) mass is 324 g/mol. The first-order valence-electron chi connectivity index (χ1n) is 7.62. The summed E-state index contributed by atoms with van der Waals surface area (Å²) in [5.41, 5.74) is 2.57. The van der Waals surface area contributed by atoms with Crippen molar-refractivity contribution < 1.29 is 13.9 Å². The molecule has 0 aliphatic carbocycles. The number of aromatic nitrogens is 1. The molecule has 0 fully saturated rings. The van der Waals surface area contributed by atoms with Gasteiger partial charge in [0.05, 0.1) is 11.2 Å². The Morgan fingerprint density at radius 2 is 1.92 bits per heavy atom. The van der Waals surface area contributed by atoms with E-state index < -0.39 is 6.10 Å². The molecule has 0 aliphatic heterocycles. The number of aryl methyl sites for hydroxylation is 1. The summed E-state index contributed by atoms with van der Waals surface area (Å²) >= 11 is 0. The molecule has 3 aromatic rings. The van der Waals surface area contributed by atoms with Crippen molar-refractivity contribution >= 4 is 22.5 Å². The van der Waals surface area contributed by atoms with Gasteiger partial charge in [-0.3, -0.25) is 9.78 Å². The van der Waals surface area contributed by atoms with Crippen LogP contribution in [0, 0.1) is 12.7 Å². The first-order chi connectivity index (χ1) is 11.5. The highest BCUT2D eigenvalue weighted by molar-refractivity contribution is 6.03. The van der Waals surface area contributed by atoms with Crippen molar-refractivity contribution in [1.82, 2.24) is 4.98 Å². The number of carbonyl (C=O) groups is 1. The van der Waals surface area contributed by atoms with Gasteiger partial charge in [0.2, 0.25) is 0 Å². The van der Waals surface area contributed by atoms with E-state index >= 15 is 0 Å². The summed E-state index contributed by atoms with van der Waals surface area (Å²) in [6.07, 6.45) is 1.00. The number of nitrogens with zero attached hydrogens (tertiary/aromatic N) is 1. The average Bonchev–Trinajstić information content (AvgIpc) is 2.59. The van der Waals surface area contributed by atoms with Crippen molar-refractivity contribution in [2.24, 2.45) is 0 Å². The van der Waals surface area contributed by atoms with Crippen LogP contribution >= 0.6 is 0 Å². The van der Waals surface area contributed by atoms with Crippen LogP contribution in [-0.4, -0.2) is 17.0 Å². The molecule has 0 saturated carbocycles. The molecule has 24 heavy (non-hydrogen) atoms. The number of anilines is 1. The molecule has 4 nitrogen and oxygen atoms in total. The lowest BCUT2D eigenvalue weighted by Crippen LogP contribution is -2.30. The molecular weight excluding hydrogens is 307 g/mol. The summed E-state index contributed by atoms with van der Waals surface area (Å²) in [6, 6.07) is 13.1. The predicted octanol–water partition coefficient (Wildman–Crippen LogP) is 4.09. The zero-order chi connectivity index (χ0) is 17.1. The second-order valence-corrected chi connectivity index (χ2v) is 5.53. The number of amides is 1. The summed E-state index contributed by atoms with van der Waals surface area (Å²) in [6.45, 7) is 3.62. The zero-order valence-electron chi connectivity index (χ0n) is 13.4. The van der Waals surface area contributed by atoms with E-state index in [1.165, 1.54) is 24.3 Å². The van der Waals surface area contributed by atoms with Gasteiger partial charge < -0.3 is 10.1 Å². The number of rotatable bonds is 4. The Bertz CT molecular complexity index is 878. The smallest absolute Gasteiger partial charge is 0.265 e. The van der Waals surface area contributed by atoms with Crippen LogP contribution < -0.4 is 10.1 Å². The molecule has 3 rings (SSSR count). The molecule has 1 heterocycles. The van der Waals surface area contributed by atoms with Crippen molar-refractivity contribution in [1.29, 1.82) is 0 Å². The molecule has 2 aromatic carbocycles. The third kappa shape index (κ3) is 3.35. The van der Waals surface area contributed by atoms with Crippen LogP contribution in [0.25, 0.3) is 10.9 Å². The SMILES string of the molecule is Cc1ccc(NC(=O)[C@H](C)Oc2ccc(F)cc2)c2cccnc12. The lowest BCUT2D eigenvalue weighted by Gasteiger charge is -2.16. The highest BCUT2D eigenvalue weighted by atomic mass is 19.1. The van der Waals surface area contributed by atoms with E-state index in [2.05, 4.69) is 10.3 Å². The second-order valence-electron chi connectivity index (χ2n) is 5.53. The minimum atomic E-state index is -0.719. The molecule has 0 bridgehead atoms. The van der Waals surface area contributed by atoms with Gasteiger partial charge >= 0.3 is 0 Å². The number of benzene rings is 2. The van der Waals surface area contributed by atoms with E-state index in [0.29, 0.717) is 11.4 Å². The summed E-state index contributed by atoms with van der Waals surface area (Å²) in [5.74, 6) is -0.194. The fraction of sp³-hybridized carbons (Fsp3) is 0.158. The summed E-state index contributed by atoms with van der Waals surface area (Å²) in [4.78, 5) is 16.7. The first-order valence-corrected chi connectivity index (χ1v) is 7.62. The molecular formula is C19H17FN2O2. The van der Waals surface area contributed by atoms with Crippen LogP contribution in [0.1, 0.15) is 12.5 Å². The maximum absolute atomic E-state index is 12.9. The molecule has 0 radical (unpaired) electrons. The van der Waals surface area contributed by atoms with Crippen molar-refractivity contribution in [2.45, 2.75) is 20.0 Å². The first kappa shape index (κ1) is 15.9. The van der Waals surface area contributed by atoms with Crippen molar-refractivity contribution in [3.05, 3.63) is 66.1 Å². The normalized spacial score (nSPS) is 12.0. The van der Waals surface area contributed by atoms with Gasteiger partial charge in [0.1, 0.15) is 11.6 Å². The Kier molecular flexibility index (Phi) is 4.42. The number of halogens is 1. The number of pyridine rings is 1. The quantitative estimate of drug-likeness (QED) is 0.786. The molecule has 0 unspecified atom stereocenters. The fourth-order valence-electron chi connectivity index (χ4n) is 2.43. The van der Waals surface area contributed by atoms with Gasteiger partial charge in [-0.15, -0.1) is 0 Å². The number of carbonyl (C=O) groups excluding carboxylic acids is 1. The van der Waals surface area contributed by atoms with Crippen LogP contribution in [0.15, 0.2) is 54.7 Å². The lowest BCUT2D eigenvalue weighted by atomic mass is 10.1. The highest BCUT2D eigenvalue weighted by Gasteiger charge is 2.16. The molecule has 1 aromatic heterocycles. The predicted molar refractivity (Wildman–Crippen MR) is 91.6 cm³/mol. The van der Waals surface area contributed by atoms with E-state index in [1.807, 2.05) is 31.2 Å². The van der Waals surface area contributed by atoms with E-state index in [-0.39, 0.29) is 11.7 Å². The van der Waals surface area contributed by atoms with Gasteiger partial charge in [0, 0.05) is 11.6 Å². The van der Waals surface area contributed by atoms with Crippen molar-refractivity contribution in [2.75, 3.05) is 5.32 Å². The summed E-state index contributed by atoms with van der Waals surface area (Å²) in [5, 5.41) is 3.74. The van der Waals surface area contributed by atoms with Gasteiger partial charge in [0.15, 0.2) is 6.10 Å². The van der Waals surface area contributed by atoms with Crippen LogP contribution in [0.4, 0.5) is 10.1 Å². The third-order valence-corrected chi connectivity index (χ3v) is 3.72. The van der Waals surface area contributed by atoms with Gasteiger partial charge in [-0.2, -0.15) is 0 Å². The second kappa shape index (κ2) is 6.66. The van der Waals surface area contributed by atoms with Crippen LogP contribution in [-0.2, 0) is 4.79 Å². The Balaban J connectivity index is 1.77. The lowest BCUT2D eigenvalue weighted by molar-refractivity contribution is -0.122. The van der Waals surface area contributed by atoms with E-state index in [4.69, 9.17) is 4.74 Å². The summed E-state index contributed by atoms with van der Waals surface area (Å²) < 4.78 is 18.5. The highest BCUT2D eigenvalue weighted by Crippen LogP contribution is 2.25. The number of ether oxygens (including phenoxy) is 1. The molecule has 5 heteroatoms. The molecule has 122 valence electrons. The van der Waals surface area contributed by atoms with Gasteiger partial charge in [-0.05, 0) is 61.9 Å². The Morgan fingerprint density at radius 1 is 1.17 bits per heavy atom. The molecule has 1 amide bonds. The van der Waals surface area contributed by atoms with Crippen molar-refractivity contribution in [3.8, 4) is 5.75 Å². The fourth-order valence-corrected chi connectivity index (χ4v) is 2.43. The third-order valence-electron chi connectivity index (χ3n) is 3.72. The number of hydrogen-bond donors (Lipinski definition) is 1. The van der Waals surface area contributed by atoms with Gasteiger partial charge in [0.25, 0.3) is 5.91 Å². The molecule has 0 saturated heterocycles. The van der Waals surface area contributed by atoms with E-state index in [0.717, 1.165) is 16.5 Å². The van der Waals surface area contributed by atoms with E-state index in [1.54, 1.807) is 13.1 Å². The largest absolute Gasteiger partial charge is 0.481 e. The topological polar surface area (TPSA) is 51.2 Å². The van der Waals surface area contributed by atoms with Crippen LogP contribution in [0.3, 0.4) is 0 Å². The molecule has 0 spiro atoms. The van der Waals surface area contributed by atoms with Crippen LogP contribution in [0.5, 0.6) is 5.75 Å². The molecule has 1 atom stereocenters. The molecule has 1 N–H and O–H groups in total. The van der Waals surface area contributed by atoms with Gasteiger partial charge in [-0.25, -0.2) is 4.39 Å². The number of nitrogens with one attached hydrogen (secondary N) is 1. The Labute approximate surface area is 139 Å².